The van der Waals surface area contributed by atoms with Crippen LogP contribution in [0.5, 0.6) is 11.6 Å². The molecule has 0 bridgehead atoms. The Labute approximate surface area is 184 Å². The molecule has 0 spiro atoms. The molecule has 8 nitrogen and oxygen atoms in total. The molecule has 160 valence electrons. The Morgan fingerprint density at radius 2 is 2.06 bits per heavy atom. The summed E-state index contributed by atoms with van der Waals surface area (Å²) in [4.78, 5) is 25.1. The Hall–Kier alpha value is -3.78. The first-order valence-electron chi connectivity index (χ1n) is 10.7. The molecule has 2 atom stereocenters. The van der Waals surface area contributed by atoms with Crippen LogP contribution in [0.25, 0.3) is 22.2 Å². The number of amides is 1. The van der Waals surface area contributed by atoms with Crippen molar-refractivity contribution in [1.29, 1.82) is 0 Å². The number of aromatic nitrogens is 4. The third kappa shape index (κ3) is 3.29. The van der Waals surface area contributed by atoms with Gasteiger partial charge in [0.2, 0.25) is 11.8 Å². The molecule has 3 aromatic heterocycles. The van der Waals surface area contributed by atoms with Crippen LogP contribution in [0.2, 0.25) is 0 Å². The fraction of sp³-hybridized carbons (Fsp3) is 0.250. The highest BCUT2D eigenvalue weighted by atomic mass is 16.5. The molecular formula is C24H22N6O2. The number of fused-ring (bicyclic) bond motifs is 2. The van der Waals surface area contributed by atoms with E-state index in [1.165, 1.54) is 0 Å². The number of piperazine rings is 1. The molecule has 2 fully saturated rings. The second-order valence-corrected chi connectivity index (χ2v) is 8.35. The Bertz CT molecular complexity index is 1290. The third-order valence-electron chi connectivity index (χ3n) is 6.38. The SMILES string of the molecule is CC(=O)N1CC2[C@H]1CN2Cc1ccc2cc(Oc3ccc(-c4ccn[nH]4)cn3)ccc2n1. The predicted octanol–water partition coefficient (Wildman–Crippen LogP) is 3.23. The maximum Gasteiger partial charge on any atom is 0.219 e. The zero-order valence-electron chi connectivity index (χ0n) is 17.6. The van der Waals surface area contributed by atoms with E-state index in [0.29, 0.717) is 18.0 Å². The van der Waals surface area contributed by atoms with Gasteiger partial charge >= 0.3 is 0 Å². The van der Waals surface area contributed by atoms with Gasteiger partial charge in [-0.3, -0.25) is 19.8 Å². The van der Waals surface area contributed by atoms with E-state index in [2.05, 4.69) is 32.2 Å². The van der Waals surface area contributed by atoms with Gasteiger partial charge in [-0.25, -0.2) is 4.98 Å². The molecule has 1 N–H and O–H groups in total. The van der Waals surface area contributed by atoms with E-state index >= 15 is 0 Å². The maximum atomic E-state index is 11.5. The average molecular weight is 426 g/mol. The summed E-state index contributed by atoms with van der Waals surface area (Å²) in [6.07, 6.45) is 3.47. The molecule has 6 rings (SSSR count). The lowest BCUT2D eigenvalue weighted by Gasteiger charge is -2.61. The second kappa shape index (κ2) is 7.42. The largest absolute Gasteiger partial charge is 0.439 e. The van der Waals surface area contributed by atoms with Crippen LogP contribution in [0, 0.1) is 0 Å². The fourth-order valence-corrected chi connectivity index (χ4v) is 4.53. The van der Waals surface area contributed by atoms with Crippen molar-refractivity contribution >= 4 is 16.8 Å². The molecule has 0 saturated carbocycles. The minimum absolute atomic E-state index is 0.178. The minimum atomic E-state index is 0.178. The number of nitrogens with one attached hydrogen (secondary N) is 1. The first-order chi connectivity index (χ1) is 15.6. The maximum absolute atomic E-state index is 11.5. The first kappa shape index (κ1) is 18.9. The molecule has 1 amide bonds. The van der Waals surface area contributed by atoms with Gasteiger partial charge in [0.15, 0.2) is 0 Å². The van der Waals surface area contributed by atoms with E-state index < -0.39 is 0 Å². The highest BCUT2D eigenvalue weighted by Gasteiger charge is 2.52. The lowest BCUT2D eigenvalue weighted by atomic mass is 9.85. The van der Waals surface area contributed by atoms with Crippen LogP contribution in [0.4, 0.5) is 0 Å². The molecule has 8 heteroatoms. The van der Waals surface area contributed by atoms with Gasteiger partial charge in [-0.05, 0) is 36.4 Å². The van der Waals surface area contributed by atoms with Gasteiger partial charge in [-0.2, -0.15) is 5.10 Å². The number of carbonyl (C=O) groups excluding carboxylic acids is 1. The van der Waals surface area contributed by atoms with Crippen LogP contribution in [-0.4, -0.2) is 61.0 Å². The van der Waals surface area contributed by atoms with Crippen molar-refractivity contribution in [3.8, 4) is 22.9 Å². The number of ether oxygens (including phenoxy) is 1. The topological polar surface area (TPSA) is 87.2 Å². The van der Waals surface area contributed by atoms with Gasteiger partial charge in [0.05, 0.1) is 22.9 Å². The Kier molecular flexibility index (Phi) is 4.39. The van der Waals surface area contributed by atoms with E-state index in [1.54, 1.807) is 19.3 Å². The van der Waals surface area contributed by atoms with E-state index in [-0.39, 0.29) is 5.91 Å². The summed E-state index contributed by atoms with van der Waals surface area (Å²) in [6, 6.07) is 16.6. The zero-order chi connectivity index (χ0) is 21.7. The summed E-state index contributed by atoms with van der Waals surface area (Å²) >= 11 is 0. The van der Waals surface area contributed by atoms with Crippen molar-refractivity contribution in [2.45, 2.75) is 25.6 Å². The lowest BCUT2D eigenvalue weighted by Crippen LogP contribution is -2.79. The smallest absolute Gasteiger partial charge is 0.219 e. The molecule has 2 saturated heterocycles. The highest BCUT2D eigenvalue weighted by molar-refractivity contribution is 5.80. The quantitative estimate of drug-likeness (QED) is 0.527. The number of likely N-dealkylation sites (tertiary alicyclic amines) is 2. The Morgan fingerprint density at radius 1 is 1.12 bits per heavy atom. The van der Waals surface area contributed by atoms with Crippen molar-refractivity contribution in [2.24, 2.45) is 0 Å². The van der Waals surface area contributed by atoms with Crippen molar-refractivity contribution in [2.75, 3.05) is 13.1 Å². The average Bonchev–Trinajstić information content (AvgIpc) is 3.32. The van der Waals surface area contributed by atoms with Crippen LogP contribution in [-0.2, 0) is 11.3 Å². The molecular weight excluding hydrogens is 404 g/mol. The molecule has 32 heavy (non-hydrogen) atoms. The molecule has 1 unspecified atom stereocenters. The van der Waals surface area contributed by atoms with E-state index in [9.17, 15) is 4.79 Å². The van der Waals surface area contributed by atoms with Gasteiger partial charge in [0, 0.05) is 62.0 Å². The van der Waals surface area contributed by atoms with Crippen molar-refractivity contribution < 1.29 is 9.53 Å². The summed E-state index contributed by atoms with van der Waals surface area (Å²) in [7, 11) is 0. The number of hydrogen-bond acceptors (Lipinski definition) is 6. The monoisotopic (exact) mass is 426 g/mol. The second-order valence-electron chi connectivity index (χ2n) is 8.35. The fourth-order valence-electron chi connectivity index (χ4n) is 4.53. The van der Waals surface area contributed by atoms with Crippen molar-refractivity contribution in [3.63, 3.8) is 0 Å². The zero-order valence-corrected chi connectivity index (χ0v) is 17.6. The van der Waals surface area contributed by atoms with Crippen LogP contribution < -0.4 is 4.74 Å². The molecule has 5 heterocycles. The summed E-state index contributed by atoms with van der Waals surface area (Å²) in [6.45, 7) is 4.23. The van der Waals surface area contributed by atoms with Gasteiger partial charge in [0.25, 0.3) is 0 Å². The Morgan fingerprint density at radius 3 is 2.78 bits per heavy atom. The van der Waals surface area contributed by atoms with Crippen molar-refractivity contribution in [3.05, 3.63) is 66.6 Å². The number of hydrogen-bond donors (Lipinski definition) is 1. The normalized spacial score (nSPS) is 19.8. The minimum Gasteiger partial charge on any atom is -0.439 e. The molecule has 0 radical (unpaired) electrons. The molecule has 4 aromatic rings. The lowest BCUT2D eigenvalue weighted by molar-refractivity contribution is -0.164. The van der Waals surface area contributed by atoms with Crippen LogP contribution in [0.3, 0.4) is 0 Å². The number of benzene rings is 1. The van der Waals surface area contributed by atoms with Crippen LogP contribution in [0.15, 0.2) is 60.9 Å². The molecule has 1 aromatic carbocycles. The number of H-pyrrole nitrogens is 1. The molecule has 0 aliphatic carbocycles. The molecule has 2 aliphatic rings. The van der Waals surface area contributed by atoms with E-state index in [0.717, 1.165) is 53.2 Å². The van der Waals surface area contributed by atoms with Gasteiger partial charge in [0.1, 0.15) is 5.75 Å². The van der Waals surface area contributed by atoms with Crippen molar-refractivity contribution in [1.82, 2.24) is 30.0 Å². The number of rotatable bonds is 5. The predicted molar refractivity (Wildman–Crippen MR) is 119 cm³/mol. The van der Waals surface area contributed by atoms with Crippen LogP contribution in [0.1, 0.15) is 12.6 Å². The number of carbonyl (C=O) groups is 1. The molecule has 2 aliphatic heterocycles. The number of pyridine rings is 2. The summed E-state index contributed by atoms with van der Waals surface area (Å²) in [5.41, 5.74) is 3.85. The Balaban J connectivity index is 1.12. The van der Waals surface area contributed by atoms with Crippen LogP contribution >= 0.6 is 0 Å². The van der Waals surface area contributed by atoms with Gasteiger partial charge < -0.3 is 9.64 Å². The van der Waals surface area contributed by atoms with Gasteiger partial charge in [-0.1, -0.05) is 6.07 Å². The summed E-state index contributed by atoms with van der Waals surface area (Å²) in [5, 5.41) is 7.91. The number of nitrogens with zero attached hydrogens (tertiary/aromatic N) is 5. The first-order valence-corrected chi connectivity index (χ1v) is 10.7. The summed E-state index contributed by atoms with van der Waals surface area (Å²) < 4.78 is 5.94. The highest BCUT2D eigenvalue weighted by Crippen LogP contribution is 2.34. The standard InChI is InChI=1S/C24H22N6O2/c1-15(31)30-14-22-23(30)13-29(22)12-18-4-2-16-10-19(5-6-20(16)27-18)32-24-7-3-17(11-25-24)21-8-9-26-28-21/h2-11,22-23H,12-14H2,1H3,(H,26,28)/t22?,23-/m1/s1. The number of aromatic amines is 1. The van der Waals surface area contributed by atoms with E-state index in [1.807, 2.05) is 41.3 Å². The summed E-state index contributed by atoms with van der Waals surface area (Å²) in [5.74, 6) is 1.43. The van der Waals surface area contributed by atoms with E-state index in [4.69, 9.17) is 9.72 Å². The third-order valence-corrected chi connectivity index (χ3v) is 6.38. The van der Waals surface area contributed by atoms with Gasteiger partial charge in [-0.15, -0.1) is 0 Å².